The highest BCUT2D eigenvalue weighted by Crippen LogP contribution is 2.22. The molecule has 3 rings (SSSR count). The van der Waals surface area contributed by atoms with Crippen LogP contribution < -0.4 is 5.32 Å². The van der Waals surface area contributed by atoms with Crippen LogP contribution in [0.3, 0.4) is 0 Å². The molecule has 0 amide bonds. The van der Waals surface area contributed by atoms with Crippen molar-refractivity contribution in [3.05, 3.63) is 30.1 Å². The molecule has 2 heterocycles. The van der Waals surface area contributed by atoms with Crippen molar-refractivity contribution >= 4 is 5.69 Å². The van der Waals surface area contributed by atoms with Crippen LogP contribution in [0.15, 0.2) is 24.3 Å². The zero-order chi connectivity index (χ0) is 13.9. The van der Waals surface area contributed by atoms with E-state index in [1.54, 1.807) is 0 Å². The molecule has 0 radical (unpaired) electrons. The van der Waals surface area contributed by atoms with Crippen LogP contribution in [-0.2, 0) is 4.74 Å². The van der Waals surface area contributed by atoms with Crippen molar-refractivity contribution in [1.29, 1.82) is 0 Å². The smallest absolute Gasteiger partial charge is 0.181 e. The number of hydrogen-bond donors (Lipinski definition) is 2. The molecule has 0 bridgehead atoms. The van der Waals surface area contributed by atoms with E-state index in [-0.39, 0.29) is 0 Å². The summed E-state index contributed by atoms with van der Waals surface area (Å²) in [4.78, 5) is 4.35. The molecule has 2 unspecified atom stereocenters. The van der Waals surface area contributed by atoms with Crippen LogP contribution in [0, 0.1) is 6.92 Å². The van der Waals surface area contributed by atoms with E-state index in [9.17, 15) is 0 Å². The third-order valence-electron chi connectivity index (χ3n) is 3.57. The third kappa shape index (κ3) is 2.99. The Hall–Kier alpha value is -1.88. The Labute approximate surface area is 118 Å². The lowest BCUT2D eigenvalue weighted by molar-refractivity contribution is 0.0637. The zero-order valence-electron chi connectivity index (χ0n) is 11.9. The van der Waals surface area contributed by atoms with Gasteiger partial charge in [0, 0.05) is 17.8 Å². The van der Waals surface area contributed by atoms with Crippen molar-refractivity contribution < 1.29 is 4.74 Å². The molecular weight excluding hydrogens is 252 g/mol. The molecule has 1 aromatic heterocycles. The van der Waals surface area contributed by atoms with E-state index < -0.39 is 0 Å². The quantitative estimate of drug-likeness (QED) is 0.898. The molecule has 0 aliphatic carbocycles. The fourth-order valence-corrected chi connectivity index (χ4v) is 2.51. The van der Waals surface area contributed by atoms with Crippen molar-refractivity contribution in [2.45, 2.75) is 38.9 Å². The Morgan fingerprint density at radius 1 is 1.40 bits per heavy atom. The number of nitrogens with one attached hydrogen (secondary N) is 2. The van der Waals surface area contributed by atoms with Gasteiger partial charge in [0.15, 0.2) is 5.82 Å². The SMILES string of the molecule is Cc1nc(-c2cccc(NCC3CCC(C)O3)c2)n[nH]1. The number of aryl methyl sites for hydroxylation is 1. The number of ether oxygens (including phenoxy) is 1. The number of rotatable bonds is 4. The van der Waals surface area contributed by atoms with Gasteiger partial charge in [0.1, 0.15) is 5.82 Å². The van der Waals surface area contributed by atoms with Gasteiger partial charge in [-0.1, -0.05) is 12.1 Å². The Kier molecular flexibility index (Phi) is 3.69. The maximum atomic E-state index is 5.81. The van der Waals surface area contributed by atoms with Crippen LogP contribution in [0.5, 0.6) is 0 Å². The first-order chi connectivity index (χ1) is 9.70. The largest absolute Gasteiger partial charge is 0.382 e. The molecule has 1 aliphatic heterocycles. The van der Waals surface area contributed by atoms with Gasteiger partial charge >= 0.3 is 0 Å². The van der Waals surface area contributed by atoms with Crippen molar-refractivity contribution in [2.75, 3.05) is 11.9 Å². The van der Waals surface area contributed by atoms with Gasteiger partial charge in [-0.3, -0.25) is 5.10 Å². The minimum absolute atomic E-state index is 0.319. The third-order valence-corrected chi connectivity index (χ3v) is 3.57. The number of hydrogen-bond acceptors (Lipinski definition) is 4. The average molecular weight is 272 g/mol. The molecule has 1 saturated heterocycles. The molecule has 1 fully saturated rings. The van der Waals surface area contributed by atoms with Crippen molar-refractivity contribution in [1.82, 2.24) is 15.2 Å². The molecule has 5 heteroatoms. The van der Waals surface area contributed by atoms with E-state index in [2.05, 4.69) is 39.6 Å². The standard InChI is InChI=1S/C15H20N4O/c1-10-6-7-14(20-10)9-16-13-5-3-4-12(8-13)15-17-11(2)18-19-15/h3-5,8,10,14,16H,6-7,9H2,1-2H3,(H,17,18,19). The van der Waals surface area contributed by atoms with Gasteiger partial charge in [-0.05, 0) is 38.8 Å². The average Bonchev–Trinajstić information content (AvgIpc) is 3.06. The Balaban J connectivity index is 1.65. The van der Waals surface area contributed by atoms with Gasteiger partial charge in [-0.25, -0.2) is 4.98 Å². The number of nitrogens with zero attached hydrogens (tertiary/aromatic N) is 2. The second-order valence-corrected chi connectivity index (χ2v) is 5.35. The molecule has 2 atom stereocenters. The predicted octanol–water partition coefficient (Wildman–Crippen LogP) is 2.76. The van der Waals surface area contributed by atoms with Crippen molar-refractivity contribution in [2.24, 2.45) is 0 Å². The maximum absolute atomic E-state index is 5.81. The fraction of sp³-hybridized carbons (Fsp3) is 0.467. The number of aromatic amines is 1. The van der Waals surface area contributed by atoms with E-state index in [4.69, 9.17) is 4.74 Å². The van der Waals surface area contributed by atoms with Crippen LogP contribution in [0.4, 0.5) is 5.69 Å². The highest BCUT2D eigenvalue weighted by atomic mass is 16.5. The van der Waals surface area contributed by atoms with Crippen LogP contribution in [0.2, 0.25) is 0 Å². The van der Waals surface area contributed by atoms with Gasteiger partial charge in [-0.2, -0.15) is 5.10 Å². The summed E-state index contributed by atoms with van der Waals surface area (Å²) in [7, 11) is 0. The topological polar surface area (TPSA) is 62.8 Å². The first kappa shape index (κ1) is 13.1. The lowest BCUT2D eigenvalue weighted by atomic mass is 10.1. The molecule has 20 heavy (non-hydrogen) atoms. The second kappa shape index (κ2) is 5.63. The highest BCUT2D eigenvalue weighted by Gasteiger charge is 2.21. The van der Waals surface area contributed by atoms with Crippen LogP contribution in [0.25, 0.3) is 11.4 Å². The van der Waals surface area contributed by atoms with Gasteiger partial charge in [0.05, 0.1) is 12.2 Å². The van der Waals surface area contributed by atoms with Crippen molar-refractivity contribution in [3.8, 4) is 11.4 Å². The molecule has 0 saturated carbocycles. The van der Waals surface area contributed by atoms with Gasteiger partial charge < -0.3 is 10.1 Å². The maximum Gasteiger partial charge on any atom is 0.181 e. The van der Waals surface area contributed by atoms with Gasteiger partial charge in [-0.15, -0.1) is 0 Å². The normalized spacial score (nSPS) is 22.1. The van der Waals surface area contributed by atoms with Crippen LogP contribution in [-0.4, -0.2) is 33.9 Å². The van der Waals surface area contributed by atoms with E-state index >= 15 is 0 Å². The van der Waals surface area contributed by atoms with Crippen LogP contribution >= 0.6 is 0 Å². The molecule has 1 aliphatic rings. The fourth-order valence-electron chi connectivity index (χ4n) is 2.51. The van der Waals surface area contributed by atoms with E-state index in [1.165, 1.54) is 0 Å². The molecular formula is C15H20N4O. The second-order valence-electron chi connectivity index (χ2n) is 5.35. The van der Waals surface area contributed by atoms with E-state index in [1.807, 2.05) is 19.1 Å². The lowest BCUT2D eigenvalue weighted by Gasteiger charge is -2.13. The molecule has 2 N–H and O–H groups in total. The number of aromatic nitrogens is 3. The highest BCUT2D eigenvalue weighted by molar-refractivity contribution is 5.62. The summed E-state index contributed by atoms with van der Waals surface area (Å²) in [5, 5.41) is 10.5. The van der Waals surface area contributed by atoms with Crippen LogP contribution in [0.1, 0.15) is 25.6 Å². The summed E-state index contributed by atoms with van der Waals surface area (Å²) in [6.07, 6.45) is 3.00. The molecule has 5 nitrogen and oxygen atoms in total. The van der Waals surface area contributed by atoms with Gasteiger partial charge in [0.25, 0.3) is 0 Å². The summed E-state index contributed by atoms with van der Waals surface area (Å²) >= 11 is 0. The Morgan fingerprint density at radius 3 is 3.00 bits per heavy atom. The molecule has 1 aromatic carbocycles. The first-order valence-corrected chi connectivity index (χ1v) is 7.09. The number of anilines is 1. The number of benzene rings is 1. The predicted molar refractivity (Wildman–Crippen MR) is 78.6 cm³/mol. The zero-order valence-corrected chi connectivity index (χ0v) is 11.9. The van der Waals surface area contributed by atoms with E-state index in [0.29, 0.717) is 12.2 Å². The molecule has 0 spiro atoms. The molecule has 106 valence electrons. The first-order valence-electron chi connectivity index (χ1n) is 7.09. The summed E-state index contributed by atoms with van der Waals surface area (Å²) < 4.78 is 5.81. The van der Waals surface area contributed by atoms with Crippen molar-refractivity contribution in [3.63, 3.8) is 0 Å². The summed E-state index contributed by atoms with van der Waals surface area (Å²) in [6.45, 7) is 4.88. The minimum atomic E-state index is 0.319. The van der Waals surface area contributed by atoms with E-state index in [0.717, 1.165) is 42.3 Å². The Bertz CT molecular complexity index is 581. The summed E-state index contributed by atoms with van der Waals surface area (Å²) in [6, 6.07) is 8.16. The Morgan fingerprint density at radius 2 is 2.30 bits per heavy atom. The van der Waals surface area contributed by atoms with Gasteiger partial charge in [0.2, 0.25) is 0 Å². The monoisotopic (exact) mass is 272 g/mol. The summed E-state index contributed by atoms with van der Waals surface area (Å²) in [5.74, 6) is 1.56. The molecule has 2 aromatic rings. The number of H-pyrrole nitrogens is 1. The minimum Gasteiger partial charge on any atom is -0.382 e. The summed E-state index contributed by atoms with van der Waals surface area (Å²) in [5.41, 5.74) is 2.09. The lowest BCUT2D eigenvalue weighted by Crippen LogP contribution is -2.19.